The van der Waals surface area contributed by atoms with Gasteiger partial charge in [-0.25, -0.2) is 4.99 Å². The van der Waals surface area contributed by atoms with E-state index in [1.807, 2.05) is 18.2 Å². The summed E-state index contributed by atoms with van der Waals surface area (Å²) in [5, 5.41) is 4.99. The van der Waals surface area contributed by atoms with E-state index < -0.39 is 0 Å². The molecule has 3 heterocycles. The zero-order valence-corrected chi connectivity index (χ0v) is 30.6. The van der Waals surface area contributed by atoms with E-state index in [0.717, 1.165) is 40.5 Å². The Morgan fingerprint density at radius 2 is 0.893 bits per heavy atom. The Kier molecular flexibility index (Phi) is 7.59. The van der Waals surface area contributed by atoms with Gasteiger partial charge < -0.3 is 9.13 Å². The molecule has 0 N–H and O–H groups in total. The molecule has 1 aliphatic rings. The highest BCUT2D eigenvalue weighted by Crippen LogP contribution is 2.38. The quantitative estimate of drug-likeness (QED) is 0.164. The van der Waals surface area contributed by atoms with Crippen LogP contribution in [0.5, 0.6) is 0 Å². The lowest BCUT2D eigenvalue weighted by atomic mass is 9.95. The number of hydrogen-bond donors (Lipinski definition) is 0. The molecule has 0 saturated heterocycles. The number of rotatable bonds is 6. The summed E-state index contributed by atoms with van der Waals surface area (Å²) in [6, 6.07) is 71.8. The van der Waals surface area contributed by atoms with Gasteiger partial charge in [0, 0.05) is 44.9 Å². The molecule has 0 radical (unpaired) electrons. The Morgan fingerprint density at radius 3 is 1.62 bits per heavy atom. The normalized spacial score (nSPS) is 14.4. The molecule has 264 valence electrons. The highest BCUT2D eigenvalue weighted by atomic mass is 15.0. The van der Waals surface area contributed by atoms with Crippen molar-refractivity contribution in [3.8, 4) is 22.5 Å². The zero-order chi connectivity index (χ0) is 37.0. The number of amidine groups is 1. The van der Waals surface area contributed by atoms with Gasteiger partial charge >= 0.3 is 0 Å². The van der Waals surface area contributed by atoms with Crippen LogP contribution in [0.2, 0.25) is 0 Å². The predicted octanol–water partition coefficient (Wildman–Crippen LogP) is 12.9. The van der Waals surface area contributed by atoms with Crippen LogP contribution in [0, 0.1) is 0 Å². The van der Waals surface area contributed by atoms with Crippen molar-refractivity contribution < 1.29 is 0 Å². The van der Waals surface area contributed by atoms with Gasteiger partial charge in [-0.3, -0.25) is 4.99 Å². The lowest BCUT2D eigenvalue weighted by Crippen LogP contribution is -2.17. The van der Waals surface area contributed by atoms with E-state index in [1.165, 1.54) is 60.3 Å². The maximum absolute atomic E-state index is 5.14. The van der Waals surface area contributed by atoms with Gasteiger partial charge in [-0.05, 0) is 76.9 Å². The zero-order valence-electron chi connectivity index (χ0n) is 30.6. The predicted molar refractivity (Wildman–Crippen MR) is 234 cm³/mol. The third kappa shape index (κ3) is 5.38. The van der Waals surface area contributed by atoms with Gasteiger partial charge in [-0.15, -0.1) is 0 Å². The van der Waals surface area contributed by atoms with Crippen molar-refractivity contribution in [3.05, 3.63) is 217 Å². The highest BCUT2D eigenvalue weighted by Gasteiger charge is 2.22. The summed E-state index contributed by atoms with van der Waals surface area (Å²) in [7, 11) is 0. The van der Waals surface area contributed by atoms with Crippen molar-refractivity contribution in [3.63, 3.8) is 0 Å². The van der Waals surface area contributed by atoms with E-state index in [9.17, 15) is 0 Å². The van der Waals surface area contributed by atoms with Crippen LogP contribution in [-0.4, -0.2) is 20.7 Å². The molecule has 0 fully saturated rings. The third-order valence-electron chi connectivity index (χ3n) is 11.3. The summed E-state index contributed by atoms with van der Waals surface area (Å²) < 4.78 is 4.78. The number of aromatic nitrogens is 2. The molecule has 4 nitrogen and oxygen atoms in total. The Hall–Kier alpha value is -7.30. The van der Waals surface area contributed by atoms with E-state index in [1.54, 1.807) is 0 Å². The molecule has 1 aliphatic heterocycles. The molecule has 0 amide bonds. The molecule has 4 heteroatoms. The molecule has 10 aromatic rings. The fourth-order valence-corrected chi connectivity index (χ4v) is 8.59. The van der Waals surface area contributed by atoms with E-state index >= 15 is 0 Å². The summed E-state index contributed by atoms with van der Waals surface area (Å²) in [4.78, 5) is 10.3. The smallest absolute Gasteiger partial charge is 0.155 e. The minimum atomic E-state index is 0.00696. The number of nitrogens with zero attached hydrogens (tertiary/aromatic N) is 4. The molecule has 56 heavy (non-hydrogen) atoms. The summed E-state index contributed by atoms with van der Waals surface area (Å²) in [5.74, 6) is 0.781. The Balaban J connectivity index is 0.994. The molecule has 1 unspecified atom stereocenters. The van der Waals surface area contributed by atoms with Crippen LogP contribution in [0.15, 0.2) is 210 Å². The maximum Gasteiger partial charge on any atom is 0.155 e. The molecule has 0 aliphatic carbocycles. The Morgan fingerprint density at radius 1 is 0.375 bits per heavy atom. The molecule has 8 aromatic carbocycles. The van der Waals surface area contributed by atoms with Crippen LogP contribution < -0.4 is 0 Å². The van der Waals surface area contributed by atoms with Crippen LogP contribution in [0.25, 0.3) is 66.1 Å². The standard InChI is InChI=1S/C52H36N4/c1-4-14-35(15-5-1)46-34-47(54-52(53-46)37-16-6-2-7-17-37)36-24-28-41(29-25-36)55-49-23-13-11-21-43(49)45-32-38(27-31-50(45)55)39-26-30-44-42-20-10-12-22-48(42)56(51(44)33-39)40-18-8-3-9-19-40/h1-33,46H,34H2. The van der Waals surface area contributed by atoms with E-state index in [-0.39, 0.29) is 6.04 Å². The molecular weight excluding hydrogens is 681 g/mol. The van der Waals surface area contributed by atoms with Crippen LogP contribution in [0.3, 0.4) is 0 Å². The van der Waals surface area contributed by atoms with Crippen molar-refractivity contribution in [2.75, 3.05) is 0 Å². The third-order valence-corrected chi connectivity index (χ3v) is 11.3. The maximum atomic E-state index is 5.14. The van der Waals surface area contributed by atoms with Gasteiger partial charge in [0.15, 0.2) is 5.84 Å². The molecule has 0 saturated carbocycles. The largest absolute Gasteiger partial charge is 0.309 e. The van der Waals surface area contributed by atoms with E-state index in [0.29, 0.717) is 0 Å². The van der Waals surface area contributed by atoms with Gasteiger partial charge in [0.1, 0.15) is 0 Å². The summed E-state index contributed by atoms with van der Waals surface area (Å²) in [6.45, 7) is 0. The average molecular weight is 717 g/mol. The minimum Gasteiger partial charge on any atom is -0.309 e. The number of benzene rings is 8. The van der Waals surface area contributed by atoms with Gasteiger partial charge in [0.25, 0.3) is 0 Å². The molecule has 11 rings (SSSR count). The van der Waals surface area contributed by atoms with Crippen molar-refractivity contribution >= 4 is 55.2 Å². The number of fused-ring (bicyclic) bond motifs is 6. The Labute approximate surface area is 325 Å². The fourth-order valence-electron chi connectivity index (χ4n) is 8.59. The molecular formula is C52H36N4. The minimum absolute atomic E-state index is 0.00696. The summed E-state index contributed by atoms with van der Waals surface area (Å²) in [5.41, 5.74) is 13.9. The van der Waals surface area contributed by atoms with Gasteiger partial charge in [-0.1, -0.05) is 146 Å². The van der Waals surface area contributed by atoms with Gasteiger partial charge in [0.2, 0.25) is 0 Å². The molecule has 0 bridgehead atoms. The number of aliphatic imine (C=N–C) groups is 2. The fraction of sp³-hybridized carbons (Fsp3) is 0.0385. The lowest BCUT2D eigenvalue weighted by molar-refractivity contribution is 0.753. The highest BCUT2D eigenvalue weighted by molar-refractivity contribution is 6.15. The van der Waals surface area contributed by atoms with Crippen LogP contribution in [0.4, 0.5) is 0 Å². The SMILES string of the molecule is c1ccc(C2=NC(c3ccccc3)CC(c3ccc(-n4c5ccccc5c5cc(-c6ccc7c8ccccc8n(-c8ccccc8)c7c6)ccc54)cc3)=N2)cc1. The summed E-state index contributed by atoms with van der Waals surface area (Å²) >= 11 is 0. The van der Waals surface area contributed by atoms with Gasteiger partial charge in [0.05, 0.1) is 33.8 Å². The Bertz CT molecular complexity index is 3130. The molecule has 1 atom stereocenters. The van der Waals surface area contributed by atoms with Gasteiger partial charge in [-0.2, -0.15) is 0 Å². The van der Waals surface area contributed by atoms with Crippen LogP contribution >= 0.6 is 0 Å². The van der Waals surface area contributed by atoms with E-state index in [4.69, 9.17) is 9.98 Å². The van der Waals surface area contributed by atoms with Crippen LogP contribution in [-0.2, 0) is 0 Å². The second kappa shape index (κ2) is 13.2. The topological polar surface area (TPSA) is 34.6 Å². The number of hydrogen-bond acceptors (Lipinski definition) is 2. The first-order chi connectivity index (χ1) is 27.8. The van der Waals surface area contributed by atoms with E-state index in [2.05, 4.69) is 191 Å². The second-order valence-corrected chi connectivity index (χ2v) is 14.6. The first-order valence-corrected chi connectivity index (χ1v) is 19.3. The lowest BCUT2D eigenvalue weighted by Gasteiger charge is -2.21. The monoisotopic (exact) mass is 716 g/mol. The number of para-hydroxylation sites is 3. The molecule has 0 spiro atoms. The van der Waals surface area contributed by atoms with Crippen LogP contribution in [0.1, 0.15) is 29.2 Å². The van der Waals surface area contributed by atoms with Crippen molar-refractivity contribution in [2.45, 2.75) is 12.5 Å². The first kappa shape index (κ1) is 32.2. The van der Waals surface area contributed by atoms with Crippen molar-refractivity contribution in [1.29, 1.82) is 0 Å². The van der Waals surface area contributed by atoms with Crippen molar-refractivity contribution in [1.82, 2.24) is 9.13 Å². The second-order valence-electron chi connectivity index (χ2n) is 14.6. The average Bonchev–Trinajstić information content (AvgIpc) is 3.79. The first-order valence-electron chi connectivity index (χ1n) is 19.3. The molecule has 2 aromatic heterocycles. The van der Waals surface area contributed by atoms with Crippen molar-refractivity contribution in [2.24, 2.45) is 9.98 Å². The summed E-state index contributed by atoms with van der Waals surface area (Å²) in [6.07, 6.45) is 0.746.